The van der Waals surface area contributed by atoms with E-state index in [1.54, 1.807) is 30.3 Å². The van der Waals surface area contributed by atoms with Crippen LogP contribution in [0.1, 0.15) is 89.0 Å². The van der Waals surface area contributed by atoms with Gasteiger partial charge in [-0.25, -0.2) is 4.39 Å². The standard InChI is InChI=1S/C36H47FO6/c1-2-3-4-8-25-9-11-26(12-10-25)27-13-15-30(32(37)22-27)29-21-31(36(34(41)23-29)43-19-6-5-17-38)28-14-16-33(40)35(24-28)42-20-7-18-39/h13-16,21-26,38-41H,2-12,17-20H2,1H3. The van der Waals surface area contributed by atoms with Crippen molar-refractivity contribution in [3.05, 3.63) is 59.9 Å². The highest BCUT2D eigenvalue weighted by molar-refractivity contribution is 5.82. The van der Waals surface area contributed by atoms with E-state index in [2.05, 4.69) is 6.92 Å². The minimum Gasteiger partial charge on any atom is -0.504 e. The molecule has 4 N–H and O–H groups in total. The van der Waals surface area contributed by atoms with Gasteiger partial charge in [0.05, 0.1) is 13.2 Å². The van der Waals surface area contributed by atoms with E-state index >= 15 is 4.39 Å². The molecule has 0 amide bonds. The normalized spacial score (nSPS) is 16.7. The van der Waals surface area contributed by atoms with E-state index in [4.69, 9.17) is 19.7 Å². The summed E-state index contributed by atoms with van der Waals surface area (Å²) in [6.07, 6.45) is 11.3. The molecule has 0 aromatic heterocycles. The van der Waals surface area contributed by atoms with Crippen molar-refractivity contribution < 1.29 is 34.3 Å². The second-order valence-electron chi connectivity index (χ2n) is 11.7. The molecule has 0 aliphatic heterocycles. The Kier molecular flexibility index (Phi) is 12.5. The van der Waals surface area contributed by atoms with Crippen LogP contribution in [0.3, 0.4) is 0 Å². The summed E-state index contributed by atoms with van der Waals surface area (Å²) in [5.74, 6) is 1.12. The van der Waals surface area contributed by atoms with Gasteiger partial charge in [-0.05, 0) is 97.4 Å². The zero-order valence-corrected chi connectivity index (χ0v) is 25.4. The van der Waals surface area contributed by atoms with Crippen LogP contribution in [0.4, 0.5) is 4.39 Å². The first-order chi connectivity index (χ1) is 20.9. The number of benzene rings is 3. The highest BCUT2D eigenvalue weighted by atomic mass is 19.1. The molecule has 43 heavy (non-hydrogen) atoms. The van der Waals surface area contributed by atoms with Crippen molar-refractivity contribution in [3.63, 3.8) is 0 Å². The molecule has 0 radical (unpaired) electrons. The van der Waals surface area contributed by atoms with E-state index in [0.29, 0.717) is 47.4 Å². The number of unbranched alkanes of at least 4 members (excludes halogenated alkanes) is 3. The van der Waals surface area contributed by atoms with Gasteiger partial charge in [-0.2, -0.15) is 0 Å². The number of phenols is 2. The van der Waals surface area contributed by atoms with Gasteiger partial charge in [0.2, 0.25) is 0 Å². The van der Waals surface area contributed by atoms with Crippen LogP contribution in [-0.2, 0) is 0 Å². The second kappa shape index (κ2) is 16.5. The fraction of sp³-hybridized carbons (Fsp3) is 0.500. The van der Waals surface area contributed by atoms with Gasteiger partial charge in [0.15, 0.2) is 23.0 Å². The number of aromatic hydroxyl groups is 2. The van der Waals surface area contributed by atoms with E-state index < -0.39 is 0 Å². The monoisotopic (exact) mass is 594 g/mol. The summed E-state index contributed by atoms with van der Waals surface area (Å²) >= 11 is 0. The van der Waals surface area contributed by atoms with Crippen molar-refractivity contribution in [2.24, 2.45) is 5.92 Å². The molecule has 4 rings (SSSR count). The van der Waals surface area contributed by atoms with Gasteiger partial charge >= 0.3 is 0 Å². The lowest BCUT2D eigenvalue weighted by atomic mass is 9.77. The van der Waals surface area contributed by atoms with Gasteiger partial charge < -0.3 is 29.9 Å². The molecular weight excluding hydrogens is 547 g/mol. The van der Waals surface area contributed by atoms with Gasteiger partial charge in [-0.3, -0.25) is 0 Å². The summed E-state index contributed by atoms with van der Waals surface area (Å²) in [7, 11) is 0. The van der Waals surface area contributed by atoms with Crippen LogP contribution in [0.5, 0.6) is 23.0 Å². The van der Waals surface area contributed by atoms with E-state index in [-0.39, 0.29) is 55.2 Å². The van der Waals surface area contributed by atoms with Crippen LogP contribution in [0, 0.1) is 11.7 Å². The quantitative estimate of drug-likeness (QED) is 0.124. The number of aliphatic hydroxyl groups excluding tert-OH is 2. The number of hydrogen-bond donors (Lipinski definition) is 4. The Morgan fingerprint density at radius 2 is 1.49 bits per heavy atom. The SMILES string of the molecule is CCCCCC1CCC(c2ccc(-c3cc(O)c(OCCCCO)c(-c4ccc(O)c(OCCCO)c4)c3)c(F)c2)CC1. The fourth-order valence-electron chi connectivity index (χ4n) is 6.05. The number of halogens is 1. The van der Waals surface area contributed by atoms with Crippen LogP contribution < -0.4 is 9.47 Å². The lowest BCUT2D eigenvalue weighted by Gasteiger charge is -2.29. The second-order valence-corrected chi connectivity index (χ2v) is 11.7. The van der Waals surface area contributed by atoms with Crippen molar-refractivity contribution in [2.45, 2.75) is 83.5 Å². The van der Waals surface area contributed by atoms with Crippen molar-refractivity contribution in [3.8, 4) is 45.3 Å². The molecule has 3 aromatic rings. The Balaban J connectivity index is 1.61. The van der Waals surface area contributed by atoms with E-state index in [1.165, 1.54) is 50.7 Å². The van der Waals surface area contributed by atoms with Crippen LogP contribution in [0.25, 0.3) is 22.3 Å². The molecule has 0 heterocycles. The number of rotatable bonds is 16. The van der Waals surface area contributed by atoms with Gasteiger partial charge in [-0.15, -0.1) is 0 Å². The van der Waals surface area contributed by atoms with Gasteiger partial charge in [0, 0.05) is 30.8 Å². The molecule has 0 atom stereocenters. The Hall–Kier alpha value is -3.29. The summed E-state index contributed by atoms with van der Waals surface area (Å²) in [4.78, 5) is 0. The third-order valence-electron chi connectivity index (χ3n) is 8.54. The molecule has 6 nitrogen and oxygen atoms in total. The summed E-state index contributed by atoms with van der Waals surface area (Å²) in [6.45, 7) is 2.75. The maximum Gasteiger partial charge on any atom is 0.168 e. The summed E-state index contributed by atoms with van der Waals surface area (Å²) < 4.78 is 27.3. The summed E-state index contributed by atoms with van der Waals surface area (Å²) in [5, 5.41) is 39.7. The van der Waals surface area contributed by atoms with Crippen molar-refractivity contribution in [1.29, 1.82) is 0 Å². The van der Waals surface area contributed by atoms with Gasteiger partial charge in [0.1, 0.15) is 5.82 Å². The summed E-state index contributed by atoms with van der Waals surface area (Å²) in [6, 6.07) is 13.6. The van der Waals surface area contributed by atoms with Crippen LogP contribution in [-0.4, -0.2) is 46.9 Å². The molecule has 3 aromatic carbocycles. The first-order valence-electron chi connectivity index (χ1n) is 15.9. The third-order valence-corrected chi connectivity index (χ3v) is 8.54. The topological polar surface area (TPSA) is 99.4 Å². The molecular formula is C36H47FO6. The number of phenolic OH excluding ortho intramolecular Hbond substituents is 2. The van der Waals surface area contributed by atoms with Crippen LogP contribution in [0.2, 0.25) is 0 Å². The molecule has 0 spiro atoms. The Morgan fingerprint density at radius 3 is 2.21 bits per heavy atom. The Labute approximate surface area is 255 Å². The minimum absolute atomic E-state index is 0.0349. The van der Waals surface area contributed by atoms with Crippen molar-refractivity contribution >= 4 is 0 Å². The molecule has 0 unspecified atom stereocenters. The zero-order valence-electron chi connectivity index (χ0n) is 25.4. The van der Waals surface area contributed by atoms with E-state index in [0.717, 1.165) is 24.3 Å². The van der Waals surface area contributed by atoms with Gasteiger partial charge in [0.25, 0.3) is 0 Å². The average Bonchev–Trinajstić information content (AvgIpc) is 3.01. The predicted molar refractivity (Wildman–Crippen MR) is 168 cm³/mol. The molecule has 1 aliphatic rings. The average molecular weight is 595 g/mol. The van der Waals surface area contributed by atoms with Crippen molar-refractivity contribution in [2.75, 3.05) is 26.4 Å². The highest BCUT2D eigenvalue weighted by Gasteiger charge is 2.24. The van der Waals surface area contributed by atoms with E-state index in [1.807, 2.05) is 6.07 Å². The number of aliphatic hydroxyl groups is 2. The van der Waals surface area contributed by atoms with Crippen LogP contribution >= 0.6 is 0 Å². The fourth-order valence-corrected chi connectivity index (χ4v) is 6.05. The minimum atomic E-state index is -0.330. The molecule has 0 bridgehead atoms. The highest BCUT2D eigenvalue weighted by Crippen LogP contribution is 2.45. The van der Waals surface area contributed by atoms with E-state index in [9.17, 15) is 10.2 Å². The van der Waals surface area contributed by atoms with Gasteiger partial charge in [-0.1, -0.05) is 50.8 Å². The number of hydrogen-bond acceptors (Lipinski definition) is 6. The number of ether oxygens (including phenoxy) is 2. The Morgan fingerprint density at radius 1 is 0.721 bits per heavy atom. The molecule has 7 heteroatoms. The molecule has 0 saturated heterocycles. The van der Waals surface area contributed by atoms with Crippen molar-refractivity contribution in [1.82, 2.24) is 0 Å². The smallest absolute Gasteiger partial charge is 0.168 e. The summed E-state index contributed by atoms with van der Waals surface area (Å²) in [5.41, 5.74) is 3.06. The largest absolute Gasteiger partial charge is 0.504 e. The van der Waals surface area contributed by atoms with Crippen LogP contribution in [0.15, 0.2) is 48.5 Å². The molecule has 1 saturated carbocycles. The molecule has 1 fully saturated rings. The first-order valence-corrected chi connectivity index (χ1v) is 15.9. The maximum absolute atomic E-state index is 15.7. The molecule has 1 aliphatic carbocycles. The zero-order chi connectivity index (χ0) is 30.6. The lowest BCUT2D eigenvalue weighted by molar-refractivity contribution is 0.229. The third kappa shape index (κ3) is 8.87. The lowest BCUT2D eigenvalue weighted by Crippen LogP contribution is -2.13. The molecule has 234 valence electrons. The predicted octanol–water partition coefficient (Wildman–Crippen LogP) is 8.34. The Bertz CT molecular complexity index is 1300. The maximum atomic E-state index is 15.7. The first kappa shape index (κ1) is 32.6.